The molecule has 0 spiro atoms. The second-order valence-corrected chi connectivity index (χ2v) is 5.97. The number of sulfonamides is 1. The number of hydrogen-bond donors (Lipinski definition) is 2. The van der Waals surface area contributed by atoms with Crippen molar-refractivity contribution in [1.29, 1.82) is 0 Å². The van der Waals surface area contributed by atoms with Gasteiger partial charge in [-0.15, -0.1) is 0 Å². The smallest absolute Gasteiger partial charge is 0.251 e. The lowest BCUT2D eigenvalue weighted by atomic mass is 10.2. The quantitative estimate of drug-likeness (QED) is 0.876. The van der Waals surface area contributed by atoms with E-state index in [2.05, 4.69) is 10.0 Å². The Morgan fingerprint density at radius 1 is 1.25 bits per heavy atom. The highest BCUT2D eigenvalue weighted by Crippen LogP contribution is 2.12. The Kier molecular flexibility index (Phi) is 4.09. The van der Waals surface area contributed by atoms with Crippen LogP contribution in [0.3, 0.4) is 0 Å². The van der Waals surface area contributed by atoms with Gasteiger partial charge < -0.3 is 9.73 Å². The van der Waals surface area contributed by atoms with Crippen molar-refractivity contribution in [2.45, 2.75) is 6.54 Å². The second kappa shape index (κ2) is 5.79. The number of benzene rings is 1. The molecule has 7 heteroatoms. The van der Waals surface area contributed by atoms with Gasteiger partial charge in [0.2, 0.25) is 10.0 Å². The van der Waals surface area contributed by atoms with Crippen molar-refractivity contribution < 1.29 is 17.6 Å². The molecular formula is C13H14N2O4S. The molecule has 1 amide bonds. The van der Waals surface area contributed by atoms with E-state index in [9.17, 15) is 13.2 Å². The molecule has 6 nitrogen and oxygen atoms in total. The zero-order valence-electron chi connectivity index (χ0n) is 10.8. The average Bonchev–Trinajstić information content (AvgIpc) is 2.87. The number of anilines is 1. The molecule has 0 atom stereocenters. The van der Waals surface area contributed by atoms with E-state index in [1.807, 2.05) is 0 Å². The van der Waals surface area contributed by atoms with E-state index in [1.54, 1.807) is 30.3 Å². The Morgan fingerprint density at radius 3 is 2.70 bits per heavy atom. The summed E-state index contributed by atoms with van der Waals surface area (Å²) < 4.78 is 29.7. The molecular weight excluding hydrogens is 280 g/mol. The fourth-order valence-corrected chi connectivity index (χ4v) is 2.18. The summed E-state index contributed by atoms with van der Waals surface area (Å²) in [7, 11) is -3.36. The van der Waals surface area contributed by atoms with Crippen LogP contribution >= 0.6 is 0 Å². The van der Waals surface area contributed by atoms with E-state index in [4.69, 9.17) is 4.42 Å². The molecule has 0 saturated carbocycles. The number of hydrogen-bond acceptors (Lipinski definition) is 4. The number of furan rings is 1. The molecule has 106 valence electrons. The molecule has 2 N–H and O–H groups in total. The van der Waals surface area contributed by atoms with Gasteiger partial charge in [-0.05, 0) is 30.3 Å². The maximum Gasteiger partial charge on any atom is 0.251 e. The van der Waals surface area contributed by atoms with Crippen LogP contribution in [0.2, 0.25) is 0 Å². The summed E-state index contributed by atoms with van der Waals surface area (Å²) in [5.74, 6) is 0.335. The summed E-state index contributed by atoms with van der Waals surface area (Å²) in [4.78, 5) is 11.9. The van der Waals surface area contributed by atoms with Gasteiger partial charge >= 0.3 is 0 Å². The molecule has 2 rings (SSSR count). The van der Waals surface area contributed by atoms with Crippen LogP contribution < -0.4 is 10.0 Å². The Hall–Kier alpha value is -2.28. The van der Waals surface area contributed by atoms with Gasteiger partial charge in [-0.25, -0.2) is 8.42 Å². The fraction of sp³-hybridized carbons (Fsp3) is 0.154. The van der Waals surface area contributed by atoms with E-state index >= 15 is 0 Å². The molecule has 0 unspecified atom stereocenters. The van der Waals surface area contributed by atoms with Gasteiger partial charge in [0.15, 0.2) is 0 Å². The van der Waals surface area contributed by atoms with Gasteiger partial charge in [0, 0.05) is 11.3 Å². The van der Waals surface area contributed by atoms with Gasteiger partial charge in [-0.2, -0.15) is 0 Å². The van der Waals surface area contributed by atoms with Crippen LogP contribution in [0.5, 0.6) is 0 Å². The van der Waals surface area contributed by atoms with Crippen LogP contribution in [-0.2, 0) is 16.6 Å². The first kappa shape index (κ1) is 14.1. The van der Waals surface area contributed by atoms with Crippen LogP contribution in [0.4, 0.5) is 5.69 Å². The molecule has 0 aliphatic carbocycles. The van der Waals surface area contributed by atoms with Crippen LogP contribution in [0, 0.1) is 0 Å². The third-order valence-corrected chi connectivity index (χ3v) is 3.04. The summed E-state index contributed by atoms with van der Waals surface area (Å²) in [5, 5.41) is 2.68. The van der Waals surface area contributed by atoms with Crippen LogP contribution in [0.1, 0.15) is 16.1 Å². The topological polar surface area (TPSA) is 88.4 Å². The van der Waals surface area contributed by atoms with Crippen molar-refractivity contribution in [2.75, 3.05) is 11.0 Å². The Balaban J connectivity index is 2.04. The van der Waals surface area contributed by atoms with E-state index in [1.165, 1.54) is 12.3 Å². The fourth-order valence-electron chi connectivity index (χ4n) is 1.62. The third kappa shape index (κ3) is 4.13. The minimum absolute atomic E-state index is 0.273. The number of nitrogens with one attached hydrogen (secondary N) is 2. The van der Waals surface area contributed by atoms with Crippen molar-refractivity contribution in [3.8, 4) is 0 Å². The molecule has 1 aromatic carbocycles. The molecule has 0 aliphatic heterocycles. The summed E-state index contributed by atoms with van der Waals surface area (Å²) in [6.07, 6.45) is 2.58. The van der Waals surface area contributed by atoms with Crippen LogP contribution in [-0.4, -0.2) is 20.6 Å². The predicted molar refractivity (Wildman–Crippen MR) is 74.8 cm³/mol. The maximum atomic E-state index is 11.9. The first-order chi connectivity index (χ1) is 9.44. The van der Waals surface area contributed by atoms with E-state index < -0.39 is 10.0 Å². The maximum absolute atomic E-state index is 11.9. The van der Waals surface area contributed by atoms with Crippen molar-refractivity contribution >= 4 is 21.6 Å². The highest BCUT2D eigenvalue weighted by atomic mass is 32.2. The first-order valence-corrected chi connectivity index (χ1v) is 7.71. The molecule has 1 heterocycles. The minimum atomic E-state index is -3.36. The van der Waals surface area contributed by atoms with Gasteiger partial charge in [0.05, 0.1) is 19.1 Å². The lowest BCUT2D eigenvalue weighted by Gasteiger charge is -2.07. The van der Waals surface area contributed by atoms with Crippen molar-refractivity contribution in [1.82, 2.24) is 5.32 Å². The van der Waals surface area contributed by atoms with Gasteiger partial charge in [0.25, 0.3) is 5.91 Å². The predicted octanol–water partition coefficient (Wildman–Crippen LogP) is 1.58. The molecule has 2 aromatic rings. The molecule has 0 fully saturated rings. The monoisotopic (exact) mass is 294 g/mol. The molecule has 1 aromatic heterocycles. The first-order valence-electron chi connectivity index (χ1n) is 5.82. The average molecular weight is 294 g/mol. The number of carbonyl (C=O) groups is 1. The van der Waals surface area contributed by atoms with Crippen molar-refractivity contribution in [2.24, 2.45) is 0 Å². The highest BCUT2D eigenvalue weighted by molar-refractivity contribution is 7.92. The van der Waals surface area contributed by atoms with E-state index in [-0.39, 0.29) is 12.5 Å². The molecule has 0 radical (unpaired) electrons. The molecule has 20 heavy (non-hydrogen) atoms. The third-order valence-electron chi connectivity index (χ3n) is 2.43. The normalized spacial score (nSPS) is 11.1. The minimum Gasteiger partial charge on any atom is -0.467 e. The summed E-state index contributed by atoms with van der Waals surface area (Å²) in [6, 6.07) is 9.74. The molecule has 0 bridgehead atoms. The second-order valence-electron chi connectivity index (χ2n) is 4.22. The standard InChI is InChI=1S/C13H14N2O4S/c1-20(17,18)15-11-5-2-4-10(8-11)13(16)14-9-12-6-3-7-19-12/h2-8,15H,9H2,1H3,(H,14,16). The summed E-state index contributed by atoms with van der Waals surface area (Å²) in [6.45, 7) is 0.273. The van der Waals surface area contributed by atoms with Gasteiger partial charge in [0.1, 0.15) is 5.76 Å². The van der Waals surface area contributed by atoms with Crippen molar-refractivity contribution in [3.05, 3.63) is 54.0 Å². The zero-order chi connectivity index (χ0) is 14.6. The Morgan fingerprint density at radius 2 is 2.05 bits per heavy atom. The molecule has 0 aliphatic rings. The van der Waals surface area contributed by atoms with Gasteiger partial charge in [-0.1, -0.05) is 6.07 Å². The summed E-state index contributed by atoms with van der Waals surface area (Å²) in [5.41, 5.74) is 0.711. The summed E-state index contributed by atoms with van der Waals surface area (Å²) >= 11 is 0. The lowest BCUT2D eigenvalue weighted by molar-refractivity contribution is 0.0948. The SMILES string of the molecule is CS(=O)(=O)Nc1cccc(C(=O)NCc2ccco2)c1. The highest BCUT2D eigenvalue weighted by Gasteiger charge is 2.08. The molecule has 0 saturated heterocycles. The Labute approximate surface area is 116 Å². The van der Waals surface area contributed by atoms with Gasteiger partial charge in [-0.3, -0.25) is 9.52 Å². The number of amides is 1. The number of rotatable bonds is 5. The van der Waals surface area contributed by atoms with E-state index in [0.717, 1.165) is 6.26 Å². The largest absolute Gasteiger partial charge is 0.467 e. The zero-order valence-corrected chi connectivity index (χ0v) is 11.6. The number of carbonyl (C=O) groups excluding carboxylic acids is 1. The van der Waals surface area contributed by atoms with E-state index in [0.29, 0.717) is 17.0 Å². The lowest BCUT2D eigenvalue weighted by Crippen LogP contribution is -2.22. The van der Waals surface area contributed by atoms with Crippen LogP contribution in [0.25, 0.3) is 0 Å². The van der Waals surface area contributed by atoms with Crippen LogP contribution in [0.15, 0.2) is 47.1 Å². The van der Waals surface area contributed by atoms with Crippen molar-refractivity contribution in [3.63, 3.8) is 0 Å². The Bertz CT molecular complexity index is 693.